The minimum Gasteiger partial charge on any atom is -0.357 e. The van der Waals surface area contributed by atoms with Crippen molar-refractivity contribution in [3.05, 3.63) is 82.9 Å². The Labute approximate surface area is 180 Å². The molecule has 0 aromatic heterocycles. The van der Waals surface area contributed by atoms with Crippen LogP contribution in [0.3, 0.4) is 0 Å². The van der Waals surface area contributed by atoms with Gasteiger partial charge in [0.05, 0.1) is 24.0 Å². The van der Waals surface area contributed by atoms with Crippen molar-refractivity contribution < 1.29 is 14.3 Å². The number of carbonyl (C=O) groups is 2. The molecular formula is C24H23ClN2O3. The van der Waals surface area contributed by atoms with E-state index in [0.29, 0.717) is 24.7 Å². The highest BCUT2D eigenvalue weighted by Crippen LogP contribution is 2.57. The van der Waals surface area contributed by atoms with Gasteiger partial charge in [0.15, 0.2) is 0 Å². The topological polar surface area (TPSA) is 58.6 Å². The second-order valence-corrected chi connectivity index (χ2v) is 8.99. The van der Waals surface area contributed by atoms with E-state index in [9.17, 15) is 9.59 Å². The van der Waals surface area contributed by atoms with Crippen LogP contribution in [0.1, 0.15) is 18.1 Å². The summed E-state index contributed by atoms with van der Waals surface area (Å²) in [5, 5.41) is 3.65. The average Bonchev–Trinajstić information content (AvgIpc) is 3.30. The summed E-state index contributed by atoms with van der Waals surface area (Å²) in [4.78, 5) is 28.4. The normalized spacial score (nSPS) is 31.3. The summed E-state index contributed by atoms with van der Waals surface area (Å²) < 4.78 is 6.36. The van der Waals surface area contributed by atoms with Crippen molar-refractivity contribution in [3.8, 4) is 0 Å². The minimum atomic E-state index is -0.761. The molecule has 30 heavy (non-hydrogen) atoms. The van der Waals surface area contributed by atoms with Crippen LogP contribution in [-0.2, 0) is 27.4 Å². The Hall–Kier alpha value is -2.63. The van der Waals surface area contributed by atoms with Crippen molar-refractivity contribution in [2.75, 3.05) is 6.54 Å². The fraction of sp³-hybridized carbons (Fsp3) is 0.333. The van der Waals surface area contributed by atoms with Crippen LogP contribution >= 0.6 is 11.6 Å². The van der Waals surface area contributed by atoms with Gasteiger partial charge in [-0.25, -0.2) is 0 Å². The number of nitrogens with one attached hydrogen (secondary N) is 1. The molecule has 2 fully saturated rings. The lowest BCUT2D eigenvalue weighted by atomic mass is 9.72. The number of hydrogen-bond donors (Lipinski definition) is 1. The van der Waals surface area contributed by atoms with Crippen LogP contribution in [0.5, 0.6) is 0 Å². The molecule has 0 radical (unpaired) electrons. The molecule has 154 valence electrons. The lowest BCUT2D eigenvalue weighted by Gasteiger charge is -2.29. The first-order valence-electron chi connectivity index (χ1n) is 10.2. The number of likely N-dealkylation sites (tertiary alicyclic amines) is 1. The first-order valence-corrected chi connectivity index (χ1v) is 10.5. The molecule has 3 heterocycles. The molecular weight excluding hydrogens is 400 g/mol. The molecule has 5 rings (SSSR count). The van der Waals surface area contributed by atoms with Crippen LogP contribution in [0, 0.1) is 11.8 Å². The van der Waals surface area contributed by atoms with Crippen molar-refractivity contribution >= 4 is 23.4 Å². The maximum atomic E-state index is 13.4. The van der Waals surface area contributed by atoms with E-state index in [1.54, 1.807) is 12.1 Å². The quantitative estimate of drug-likeness (QED) is 0.752. The van der Waals surface area contributed by atoms with E-state index in [0.717, 1.165) is 11.1 Å². The fourth-order valence-corrected chi connectivity index (χ4v) is 5.22. The summed E-state index contributed by atoms with van der Waals surface area (Å²) in [6.45, 7) is 3.27. The standard InChI is InChI=1S/C24H23ClN2O3/c1-23-11-12-24(30-23)15-27(14-17-5-3-2-4-6-17)22(29)20(24)19(23)21(28)26-13-16-7-9-18(25)10-8-16/h2-12,19-20H,13-15H2,1H3,(H,26,28)/t19-,20+,23?,24?/m1/s1. The number of fused-ring (bicyclic) bond motifs is 1. The SMILES string of the molecule is CC12C=CC3(CN(Cc4ccccc4)C(=O)[C@@H]3[C@@H]1C(=O)NCc1ccc(Cl)cc1)O2. The van der Waals surface area contributed by atoms with Gasteiger partial charge in [-0.05, 0) is 30.2 Å². The molecule has 2 bridgehead atoms. The average molecular weight is 423 g/mol. The van der Waals surface area contributed by atoms with E-state index in [4.69, 9.17) is 16.3 Å². The maximum Gasteiger partial charge on any atom is 0.230 e. The van der Waals surface area contributed by atoms with Crippen LogP contribution in [-0.4, -0.2) is 34.5 Å². The monoisotopic (exact) mass is 422 g/mol. The van der Waals surface area contributed by atoms with Gasteiger partial charge in [-0.3, -0.25) is 9.59 Å². The van der Waals surface area contributed by atoms with Crippen LogP contribution in [0.25, 0.3) is 0 Å². The molecule has 2 amide bonds. The van der Waals surface area contributed by atoms with Crippen molar-refractivity contribution in [2.24, 2.45) is 11.8 Å². The van der Waals surface area contributed by atoms with E-state index in [-0.39, 0.29) is 11.8 Å². The lowest BCUT2D eigenvalue weighted by molar-refractivity contribution is -0.139. The van der Waals surface area contributed by atoms with E-state index in [1.165, 1.54) is 0 Å². The Morgan fingerprint density at radius 2 is 1.87 bits per heavy atom. The van der Waals surface area contributed by atoms with Crippen LogP contribution in [0.4, 0.5) is 0 Å². The molecule has 4 atom stereocenters. The largest absolute Gasteiger partial charge is 0.357 e. The van der Waals surface area contributed by atoms with Gasteiger partial charge in [0.1, 0.15) is 5.60 Å². The zero-order valence-corrected chi connectivity index (χ0v) is 17.4. The zero-order chi connectivity index (χ0) is 20.9. The summed E-state index contributed by atoms with van der Waals surface area (Å²) in [6.07, 6.45) is 3.94. The third kappa shape index (κ3) is 3.04. The van der Waals surface area contributed by atoms with E-state index >= 15 is 0 Å². The van der Waals surface area contributed by atoms with Gasteiger partial charge in [-0.2, -0.15) is 0 Å². The predicted molar refractivity (Wildman–Crippen MR) is 113 cm³/mol. The van der Waals surface area contributed by atoms with E-state index < -0.39 is 23.0 Å². The summed E-state index contributed by atoms with van der Waals surface area (Å²) in [5.74, 6) is -1.22. The lowest BCUT2D eigenvalue weighted by Crippen LogP contribution is -2.47. The summed E-state index contributed by atoms with van der Waals surface area (Å²) in [6, 6.07) is 17.2. The number of amides is 2. The van der Waals surface area contributed by atoms with Crippen LogP contribution in [0.15, 0.2) is 66.7 Å². The Balaban J connectivity index is 1.35. The van der Waals surface area contributed by atoms with Gasteiger partial charge in [-0.1, -0.05) is 66.2 Å². The highest BCUT2D eigenvalue weighted by molar-refractivity contribution is 6.30. The second-order valence-electron chi connectivity index (χ2n) is 8.55. The molecule has 2 unspecified atom stereocenters. The molecule has 0 saturated carbocycles. The molecule has 3 aliphatic rings. The zero-order valence-electron chi connectivity index (χ0n) is 16.7. The Kier molecular flexibility index (Phi) is 4.49. The van der Waals surface area contributed by atoms with E-state index in [1.807, 2.05) is 66.4 Å². The predicted octanol–water partition coefficient (Wildman–Crippen LogP) is 3.33. The van der Waals surface area contributed by atoms with Gasteiger partial charge in [-0.15, -0.1) is 0 Å². The summed E-state index contributed by atoms with van der Waals surface area (Å²) in [5.41, 5.74) is 0.540. The van der Waals surface area contributed by atoms with Gasteiger partial charge in [0.2, 0.25) is 11.8 Å². The molecule has 2 saturated heterocycles. The highest BCUT2D eigenvalue weighted by atomic mass is 35.5. The number of benzene rings is 2. The Bertz CT molecular complexity index is 1020. The number of rotatable bonds is 5. The first-order chi connectivity index (χ1) is 14.4. The molecule has 5 nitrogen and oxygen atoms in total. The number of carbonyl (C=O) groups excluding carboxylic acids is 2. The van der Waals surface area contributed by atoms with Gasteiger partial charge >= 0.3 is 0 Å². The van der Waals surface area contributed by atoms with Crippen molar-refractivity contribution in [1.29, 1.82) is 0 Å². The Morgan fingerprint density at radius 3 is 2.60 bits per heavy atom. The third-order valence-corrected chi connectivity index (χ3v) is 6.73. The summed E-state index contributed by atoms with van der Waals surface area (Å²) in [7, 11) is 0. The van der Waals surface area contributed by atoms with Crippen molar-refractivity contribution in [3.63, 3.8) is 0 Å². The highest BCUT2D eigenvalue weighted by Gasteiger charge is 2.71. The van der Waals surface area contributed by atoms with Crippen LogP contribution in [0.2, 0.25) is 5.02 Å². The minimum absolute atomic E-state index is 0.0152. The fourth-order valence-electron chi connectivity index (χ4n) is 5.09. The number of hydrogen-bond acceptors (Lipinski definition) is 3. The maximum absolute atomic E-state index is 13.4. The van der Waals surface area contributed by atoms with Crippen LogP contribution < -0.4 is 5.32 Å². The molecule has 0 aliphatic carbocycles. The first kappa shape index (κ1) is 19.3. The van der Waals surface area contributed by atoms with E-state index in [2.05, 4.69) is 5.32 Å². The molecule has 2 aromatic rings. The molecule has 2 aromatic carbocycles. The molecule has 6 heteroatoms. The second kappa shape index (κ2) is 6.96. The molecule has 1 N–H and O–H groups in total. The number of halogens is 1. The van der Waals surface area contributed by atoms with Gasteiger partial charge in [0.25, 0.3) is 0 Å². The third-order valence-electron chi connectivity index (χ3n) is 6.48. The number of ether oxygens (including phenoxy) is 1. The van der Waals surface area contributed by atoms with Crippen molar-refractivity contribution in [1.82, 2.24) is 10.2 Å². The number of nitrogens with zero attached hydrogens (tertiary/aromatic N) is 1. The van der Waals surface area contributed by atoms with Gasteiger partial charge < -0.3 is 15.0 Å². The smallest absolute Gasteiger partial charge is 0.230 e. The molecule has 1 spiro atoms. The molecule has 3 aliphatic heterocycles. The summed E-state index contributed by atoms with van der Waals surface area (Å²) >= 11 is 5.93. The Morgan fingerprint density at radius 1 is 1.13 bits per heavy atom. The van der Waals surface area contributed by atoms with Gasteiger partial charge in [0, 0.05) is 18.1 Å². The van der Waals surface area contributed by atoms with Crippen molar-refractivity contribution in [2.45, 2.75) is 31.2 Å².